The van der Waals surface area contributed by atoms with E-state index in [0.717, 1.165) is 29.8 Å². The van der Waals surface area contributed by atoms with Crippen LogP contribution in [0.15, 0.2) is 18.2 Å². The first-order chi connectivity index (χ1) is 8.08. The summed E-state index contributed by atoms with van der Waals surface area (Å²) in [7, 11) is 0. The van der Waals surface area contributed by atoms with E-state index in [1.54, 1.807) is 0 Å². The number of hydrogen-bond donors (Lipinski definition) is 4. The molecule has 0 spiro atoms. The van der Waals surface area contributed by atoms with Gasteiger partial charge in [-0.1, -0.05) is 19.9 Å². The number of rotatable bonds is 6. The Balaban J connectivity index is 2.83. The summed E-state index contributed by atoms with van der Waals surface area (Å²) in [5.74, 6) is 0. The van der Waals surface area contributed by atoms with Gasteiger partial charge in [-0.2, -0.15) is 0 Å². The summed E-state index contributed by atoms with van der Waals surface area (Å²) in [4.78, 5) is 0. The Labute approximate surface area is 104 Å². The smallest absolute Gasteiger partial charge is 0.0740 e. The Morgan fingerprint density at radius 2 is 1.41 bits per heavy atom. The van der Waals surface area contributed by atoms with Crippen LogP contribution in [0.5, 0.6) is 0 Å². The Bertz CT molecular complexity index is 321. The number of anilines is 2. The fraction of sp³-hybridized carbons (Fsp3) is 0.538. The van der Waals surface area contributed by atoms with Crippen molar-refractivity contribution >= 4 is 11.4 Å². The molecular formula is C13H24N4. The van der Waals surface area contributed by atoms with Crippen LogP contribution in [0.3, 0.4) is 0 Å². The Morgan fingerprint density at radius 1 is 1.00 bits per heavy atom. The lowest BCUT2D eigenvalue weighted by atomic mass is 10.1. The molecule has 2 atom stereocenters. The third kappa shape index (κ3) is 3.91. The van der Waals surface area contributed by atoms with E-state index in [-0.39, 0.29) is 12.3 Å². The van der Waals surface area contributed by atoms with Crippen LogP contribution >= 0.6 is 0 Å². The standard InChI is InChI=1S/C13H24N4/c1-4-12(14)16-10-7-6-8-11(9(10)3)17-13(15)5-2/h6-8,12-13,16-17H,4-5,14-15H2,1-3H3. The average molecular weight is 236 g/mol. The van der Waals surface area contributed by atoms with Gasteiger partial charge in [-0.3, -0.25) is 0 Å². The molecule has 6 N–H and O–H groups in total. The zero-order chi connectivity index (χ0) is 12.8. The highest BCUT2D eigenvalue weighted by molar-refractivity contribution is 5.65. The lowest BCUT2D eigenvalue weighted by Gasteiger charge is -2.20. The number of nitrogens with two attached hydrogens (primary N) is 2. The molecule has 0 aliphatic heterocycles. The van der Waals surface area contributed by atoms with Gasteiger partial charge in [0.2, 0.25) is 0 Å². The van der Waals surface area contributed by atoms with E-state index < -0.39 is 0 Å². The molecule has 2 unspecified atom stereocenters. The highest BCUT2D eigenvalue weighted by atomic mass is 15.0. The van der Waals surface area contributed by atoms with Crippen LogP contribution in [-0.4, -0.2) is 12.3 Å². The van der Waals surface area contributed by atoms with Crippen molar-refractivity contribution in [1.82, 2.24) is 0 Å². The highest BCUT2D eigenvalue weighted by Gasteiger charge is 2.07. The van der Waals surface area contributed by atoms with Gasteiger partial charge in [0.1, 0.15) is 0 Å². The lowest BCUT2D eigenvalue weighted by Crippen LogP contribution is -2.30. The van der Waals surface area contributed by atoms with Gasteiger partial charge in [0.15, 0.2) is 0 Å². The molecule has 4 heteroatoms. The van der Waals surface area contributed by atoms with Crippen molar-refractivity contribution in [1.29, 1.82) is 0 Å². The molecule has 1 rings (SSSR count). The first-order valence-electron chi connectivity index (χ1n) is 6.22. The molecule has 1 aromatic rings. The molecule has 0 amide bonds. The third-order valence-corrected chi connectivity index (χ3v) is 2.90. The zero-order valence-electron chi connectivity index (χ0n) is 11.0. The normalized spacial score (nSPS) is 14.2. The van der Waals surface area contributed by atoms with Crippen LogP contribution in [0.2, 0.25) is 0 Å². The second-order valence-electron chi connectivity index (χ2n) is 4.30. The maximum Gasteiger partial charge on any atom is 0.0740 e. The molecule has 0 saturated heterocycles. The van der Waals surface area contributed by atoms with Crippen LogP contribution in [0.1, 0.15) is 32.3 Å². The van der Waals surface area contributed by atoms with Crippen molar-refractivity contribution in [3.8, 4) is 0 Å². The summed E-state index contributed by atoms with van der Waals surface area (Å²) >= 11 is 0. The molecule has 1 aromatic carbocycles. The largest absolute Gasteiger partial charge is 0.370 e. The minimum absolute atomic E-state index is 0.0104. The van der Waals surface area contributed by atoms with Gasteiger partial charge in [0.25, 0.3) is 0 Å². The number of hydrogen-bond acceptors (Lipinski definition) is 4. The van der Waals surface area contributed by atoms with Gasteiger partial charge in [-0.05, 0) is 37.5 Å². The fourth-order valence-electron chi connectivity index (χ4n) is 1.55. The van der Waals surface area contributed by atoms with Crippen molar-refractivity contribution in [3.63, 3.8) is 0 Å². The van der Waals surface area contributed by atoms with Crippen LogP contribution < -0.4 is 22.1 Å². The van der Waals surface area contributed by atoms with E-state index in [0.29, 0.717) is 0 Å². The van der Waals surface area contributed by atoms with Crippen LogP contribution in [0.25, 0.3) is 0 Å². The van der Waals surface area contributed by atoms with E-state index in [9.17, 15) is 0 Å². The molecule has 0 aromatic heterocycles. The molecule has 17 heavy (non-hydrogen) atoms. The summed E-state index contributed by atoms with van der Waals surface area (Å²) in [6.45, 7) is 6.18. The van der Waals surface area contributed by atoms with E-state index in [1.807, 2.05) is 18.2 Å². The van der Waals surface area contributed by atoms with Gasteiger partial charge in [0, 0.05) is 11.4 Å². The van der Waals surface area contributed by atoms with Crippen molar-refractivity contribution in [2.75, 3.05) is 10.6 Å². The van der Waals surface area contributed by atoms with Gasteiger partial charge in [-0.15, -0.1) is 0 Å². The topological polar surface area (TPSA) is 76.1 Å². The second kappa shape index (κ2) is 6.47. The van der Waals surface area contributed by atoms with Crippen LogP contribution in [0, 0.1) is 6.92 Å². The first-order valence-corrected chi connectivity index (χ1v) is 6.22. The highest BCUT2D eigenvalue weighted by Crippen LogP contribution is 2.24. The summed E-state index contributed by atoms with van der Waals surface area (Å²) in [5.41, 5.74) is 15.1. The van der Waals surface area contributed by atoms with Gasteiger partial charge in [0.05, 0.1) is 12.3 Å². The van der Waals surface area contributed by atoms with E-state index in [1.165, 1.54) is 0 Å². The molecule has 0 aliphatic carbocycles. The minimum atomic E-state index is -0.0104. The maximum atomic E-state index is 5.90. The van der Waals surface area contributed by atoms with Gasteiger partial charge < -0.3 is 22.1 Å². The van der Waals surface area contributed by atoms with Gasteiger partial charge >= 0.3 is 0 Å². The molecule has 0 radical (unpaired) electrons. The zero-order valence-corrected chi connectivity index (χ0v) is 11.0. The predicted octanol–water partition coefficient (Wildman–Crippen LogP) is 2.21. The molecule has 4 nitrogen and oxygen atoms in total. The minimum Gasteiger partial charge on any atom is -0.370 e. The van der Waals surface area contributed by atoms with Crippen molar-refractivity contribution < 1.29 is 0 Å². The molecular weight excluding hydrogens is 212 g/mol. The quantitative estimate of drug-likeness (QED) is 0.571. The molecule has 0 bridgehead atoms. The molecule has 0 aliphatic rings. The van der Waals surface area contributed by atoms with E-state index >= 15 is 0 Å². The monoisotopic (exact) mass is 236 g/mol. The molecule has 96 valence electrons. The number of nitrogens with one attached hydrogen (secondary N) is 2. The molecule has 0 heterocycles. The first kappa shape index (κ1) is 13.8. The van der Waals surface area contributed by atoms with E-state index in [4.69, 9.17) is 11.5 Å². The van der Waals surface area contributed by atoms with Crippen LogP contribution in [0.4, 0.5) is 11.4 Å². The van der Waals surface area contributed by atoms with E-state index in [2.05, 4.69) is 31.4 Å². The fourth-order valence-corrected chi connectivity index (χ4v) is 1.55. The summed E-state index contributed by atoms with van der Waals surface area (Å²) in [6.07, 6.45) is 1.77. The summed E-state index contributed by atoms with van der Waals surface area (Å²) < 4.78 is 0. The summed E-state index contributed by atoms with van der Waals surface area (Å²) in [5, 5.41) is 6.58. The van der Waals surface area contributed by atoms with Gasteiger partial charge in [-0.25, -0.2) is 0 Å². The van der Waals surface area contributed by atoms with Crippen LogP contribution in [-0.2, 0) is 0 Å². The molecule has 0 saturated carbocycles. The Kier molecular flexibility index (Phi) is 5.25. The second-order valence-corrected chi connectivity index (χ2v) is 4.30. The van der Waals surface area contributed by atoms with Crippen molar-refractivity contribution in [2.24, 2.45) is 11.5 Å². The number of benzene rings is 1. The predicted molar refractivity (Wildman–Crippen MR) is 75.0 cm³/mol. The lowest BCUT2D eigenvalue weighted by molar-refractivity contribution is 0.724. The Morgan fingerprint density at radius 3 is 1.76 bits per heavy atom. The summed E-state index contributed by atoms with van der Waals surface area (Å²) in [6, 6.07) is 6.07. The van der Waals surface area contributed by atoms with Crippen molar-refractivity contribution in [2.45, 2.75) is 45.9 Å². The molecule has 0 fully saturated rings. The van der Waals surface area contributed by atoms with Crippen molar-refractivity contribution in [3.05, 3.63) is 23.8 Å². The third-order valence-electron chi connectivity index (χ3n) is 2.90. The SMILES string of the molecule is CCC(N)Nc1cccc(NC(N)CC)c1C. The maximum absolute atomic E-state index is 5.90. The Hall–Kier alpha value is -1.26. The average Bonchev–Trinajstić information content (AvgIpc) is 2.33.